The largest absolute Gasteiger partial charge is 0.477 e. The molecule has 2 saturated carbocycles. The number of aromatic carboxylic acids is 1. The van der Waals surface area contributed by atoms with Crippen LogP contribution in [0.1, 0.15) is 48.9 Å². The van der Waals surface area contributed by atoms with Crippen LogP contribution in [0.5, 0.6) is 0 Å². The minimum absolute atomic E-state index is 0.0713. The number of hydrogen-bond donors (Lipinski definition) is 2. The maximum Gasteiger partial charge on any atom is 0.341 e. The Labute approximate surface area is 116 Å². The average Bonchev–Trinajstić information content (AvgIpc) is 3.12. The van der Waals surface area contributed by atoms with Gasteiger partial charge in [-0.25, -0.2) is 9.78 Å². The summed E-state index contributed by atoms with van der Waals surface area (Å²) in [7, 11) is 0. The van der Waals surface area contributed by atoms with Gasteiger partial charge >= 0.3 is 5.97 Å². The fourth-order valence-electron chi connectivity index (χ4n) is 2.87. The molecule has 0 saturated heterocycles. The van der Waals surface area contributed by atoms with Gasteiger partial charge in [-0.15, -0.1) is 0 Å². The quantitative estimate of drug-likeness (QED) is 0.833. The number of nitrogens with zero attached hydrogens (tertiary/aromatic N) is 2. The van der Waals surface area contributed by atoms with Gasteiger partial charge in [0, 0.05) is 12.2 Å². The number of nitrogens with one attached hydrogen (secondary N) is 1. The van der Waals surface area contributed by atoms with Gasteiger partial charge in [-0.1, -0.05) is 0 Å². The standard InChI is InChI=1S/C13H16ClN3O2/c14-12-15-7-9(11(18)19)10(17-12)16-8-1-3-13(4-2-8)5-6-13/h7-8H,1-6H2,(H,18,19)(H,15,16,17). The van der Waals surface area contributed by atoms with Gasteiger partial charge in [-0.05, 0) is 55.5 Å². The van der Waals surface area contributed by atoms with Crippen LogP contribution in [0.2, 0.25) is 5.28 Å². The molecule has 6 heteroatoms. The Morgan fingerprint density at radius 3 is 2.63 bits per heavy atom. The lowest BCUT2D eigenvalue weighted by Gasteiger charge is -2.29. The summed E-state index contributed by atoms with van der Waals surface area (Å²) in [5.74, 6) is -0.696. The van der Waals surface area contributed by atoms with Gasteiger partial charge in [0.25, 0.3) is 0 Å². The lowest BCUT2D eigenvalue weighted by atomic mass is 9.83. The van der Waals surface area contributed by atoms with E-state index in [1.54, 1.807) is 0 Å². The van der Waals surface area contributed by atoms with E-state index in [0.29, 0.717) is 11.2 Å². The van der Waals surface area contributed by atoms with Crippen molar-refractivity contribution in [3.63, 3.8) is 0 Å². The molecule has 0 aromatic carbocycles. The minimum atomic E-state index is -1.03. The first-order valence-electron chi connectivity index (χ1n) is 6.60. The molecule has 0 amide bonds. The third-order valence-corrected chi connectivity index (χ3v) is 4.52. The number of hydrogen-bond acceptors (Lipinski definition) is 4. The van der Waals surface area contributed by atoms with Gasteiger partial charge in [-0.3, -0.25) is 0 Å². The Morgan fingerprint density at radius 1 is 1.37 bits per heavy atom. The van der Waals surface area contributed by atoms with Crippen molar-refractivity contribution < 1.29 is 9.90 Å². The zero-order chi connectivity index (χ0) is 13.5. The minimum Gasteiger partial charge on any atom is -0.477 e. The SMILES string of the molecule is O=C(O)c1cnc(Cl)nc1NC1CCC2(CC1)CC2. The van der Waals surface area contributed by atoms with E-state index in [1.807, 2.05) is 0 Å². The Balaban J connectivity index is 1.72. The molecule has 1 spiro atoms. The fourth-order valence-corrected chi connectivity index (χ4v) is 3.00. The predicted octanol–water partition coefficient (Wildman–Crippen LogP) is 2.96. The molecule has 1 aromatic rings. The molecule has 1 heterocycles. The molecule has 1 aromatic heterocycles. The molecule has 2 aliphatic rings. The number of carboxylic acid groups (broad SMARTS) is 1. The zero-order valence-corrected chi connectivity index (χ0v) is 11.3. The molecular weight excluding hydrogens is 266 g/mol. The Morgan fingerprint density at radius 2 is 2.05 bits per heavy atom. The van der Waals surface area contributed by atoms with Gasteiger partial charge in [0.2, 0.25) is 5.28 Å². The number of anilines is 1. The third kappa shape index (κ3) is 2.66. The van der Waals surface area contributed by atoms with Crippen molar-refractivity contribution in [1.29, 1.82) is 0 Å². The van der Waals surface area contributed by atoms with Crippen LogP contribution >= 0.6 is 11.6 Å². The molecule has 0 unspecified atom stereocenters. The molecular formula is C13H16ClN3O2. The van der Waals surface area contributed by atoms with E-state index < -0.39 is 5.97 Å². The molecule has 0 atom stereocenters. The van der Waals surface area contributed by atoms with Crippen LogP contribution in [0.15, 0.2) is 6.20 Å². The highest BCUT2D eigenvalue weighted by Gasteiger charge is 2.44. The highest BCUT2D eigenvalue weighted by atomic mass is 35.5. The fraction of sp³-hybridized carbons (Fsp3) is 0.615. The Kier molecular flexibility index (Phi) is 3.09. The predicted molar refractivity (Wildman–Crippen MR) is 71.5 cm³/mol. The Hall–Kier alpha value is -1.36. The van der Waals surface area contributed by atoms with Crippen LogP contribution in [0.4, 0.5) is 5.82 Å². The molecule has 0 aliphatic heterocycles. The van der Waals surface area contributed by atoms with E-state index in [1.165, 1.54) is 31.9 Å². The third-order valence-electron chi connectivity index (χ3n) is 4.33. The lowest BCUT2D eigenvalue weighted by molar-refractivity contribution is 0.0697. The molecule has 0 radical (unpaired) electrons. The normalized spacial score (nSPS) is 21.3. The van der Waals surface area contributed by atoms with Gasteiger partial charge < -0.3 is 10.4 Å². The van der Waals surface area contributed by atoms with Crippen molar-refractivity contribution in [1.82, 2.24) is 9.97 Å². The first kappa shape index (κ1) is 12.7. The summed E-state index contributed by atoms with van der Waals surface area (Å²) in [5, 5.41) is 12.4. The molecule has 3 rings (SSSR count). The molecule has 2 N–H and O–H groups in total. The van der Waals surface area contributed by atoms with Gasteiger partial charge in [-0.2, -0.15) is 4.98 Å². The van der Waals surface area contributed by atoms with Crippen LogP contribution in [0.3, 0.4) is 0 Å². The van der Waals surface area contributed by atoms with Crippen molar-refractivity contribution in [3.8, 4) is 0 Å². The van der Waals surface area contributed by atoms with Gasteiger partial charge in [0.1, 0.15) is 11.4 Å². The summed E-state index contributed by atoms with van der Waals surface area (Å²) in [6.07, 6.45) is 8.57. The van der Waals surface area contributed by atoms with Crippen molar-refractivity contribution >= 4 is 23.4 Å². The molecule has 0 bridgehead atoms. The van der Waals surface area contributed by atoms with Crippen molar-refractivity contribution in [2.75, 3.05) is 5.32 Å². The van der Waals surface area contributed by atoms with E-state index in [4.69, 9.17) is 16.7 Å². The first-order valence-corrected chi connectivity index (χ1v) is 6.98. The molecule has 102 valence electrons. The number of carbonyl (C=O) groups is 1. The van der Waals surface area contributed by atoms with Crippen LogP contribution < -0.4 is 5.32 Å². The molecule has 2 fully saturated rings. The second-order valence-corrected chi connectivity index (χ2v) is 5.96. The van der Waals surface area contributed by atoms with E-state index in [-0.39, 0.29) is 16.9 Å². The maximum absolute atomic E-state index is 11.1. The summed E-state index contributed by atoms with van der Waals surface area (Å²) in [6, 6.07) is 0.287. The first-order chi connectivity index (χ1) is 9.08. The van der Waals surface area contributed by atoms with Crippen LogP contribution in [0.25, 0.3) is 0 Å². The topological polar surface area (TPSA) is 75.1 Å². The van der Waals surface area contributed by atoms with Gasteiger partial charge in [0.15, 0.2) is 0 Å². The van der Waals surface area contributed by atoms with Crippen molar-refractivity contribution in [3.05, 3.63) is 17.0 Å². The van der Waals surface area contributed by atoms with E-state index >= 15 is 0 Å². The van der Waals surface area contributed by atoms with Gasteiger partial charge in [0.05, 0.1) is 0 Å². The average molecular weight is 282 g/mol. The maximum atomic E-state index is 11.1. The smallest absolute Gasteiger partial charge is 0.341 e. The Bertz CT molecular complexity index is 507. The molecule has 19 heavy (non-hydrogen) atoms. The van der Waals surface area contributed by atoms with Crippen molar-refractivity contribution in [2.24, 2.45) is 5.41 Å². The summed E-state index contributed by atoms with van der Waals surface area (Å²) in [4.78, 5) is 18.8. The number of aromatic nitrogens is 2. The second kappa shape index (κ2) is 4.63. The van der Waals surface area contributed by atoms with Crippen LogP contribution in [-0.2, 0) is 0 Å². The van der Waals surface area contributed by atoms with Crippen LogP contribution in [0, 0.1) is 5.41 Å². The van der Waals surface area contributed by atoms with E-state index in [2.05, 4.69) is 15.3 Å². The summed E-state index contributed by atoms with van der Waals surface area (Å²) in [6.45, 7) is 0. The molecule has 2 aliphatic carbocycles. The van der Waals surface area contributed by atoms with Crippen molar-refractivity contribution in [2.45, 2.75) is 44.6 Å². The van der Waals surface area contributed by atoms with E-state index in [9.17, 15) is 4.79 Å². The monoisotopic (exact) mass is 281 g/mol. The highest BCUT2D eigenvalue weighted by Crippen LogP contribution is 2.56. The summed E-state index contributed by atoms with van der Waals surface area (Å²) in [5.41, 5.74) is 0.702. The number of rotatable bonds is 3. The molecule has 5 nitrogen and oxygen atoms in total. The second-order valence-electron chi connectivity index (χ2n) is 5.63. The van der Waals surface area contributed by atoms with Crippen LogP contribution in [-0.4, -0.2) is 27.1 Å². The zero-order valence-electron chi connectivity index (χ0n) is 10.5. The highest BCUT2D eigenvalue weighted by molar-refractivity contribution is 6.28. The number of carboxylic acids is 1. The summed E-state index contributed by atoms with van der Waals surface area (Å²) < 4.78 is 0. The lowest BCUT2D eigenvalue weighted by Crippen LogP contribution is -2.28. The van der Waals surface area contributed by atoms with E-state index in [0.717, 1.165) is 12.8 Å². The summed E-state index contributed by atoms with van der Waals surface area (Å²) >= 11 is 5.74. The number of halogens is 1.